The molecule has 1 N–H and O–H groups in total. The van der Waals surface area contributed by atoms with Crippen LogP contribution in [0, 0.1) is 12.7 Å². The summed E-state index contributed by atoms with van der Waals surface area (Å²) in [6.45, 7) is 4.63. The van der Waals surface area contributed by atoms with Crippen LogP contribution in [0.1, 0.15) is 37.8 Å². The summed E-state index contributed by atoms with van der Waals surface area (Å²) >= 11 is 0. The number of rotatable bonds is 5. The number of Topliss-reactive ketones (excluding diaryl/α,β-unsaturated/α-hetero) is 1. The molecule has 0 aliphatic heterocycles. The van der Waals surface area contributed by atoms with Crippen LogP contribution in [-0.2, 0) is 16.0 Å². The quantitative estimate of drug-likeness (QED) is 0.874. The largest absolute Gasteiger partial charge is 0.326 e. The van der Waals surface area contributed by atoms with Gasteiger partial charge in [-0.2, -0.15) is 0 Å². The topological polar surface area (TPSA) is 46.2 Å². The van der Waals surface area contributed by atoms with Crippen LogP contribution in [0.25, 0.3) is 0 Å². The van der Waals surface area contributed by atoms with Crippen LogP contribution >= 0.6 is 0 Å². The molecule has 18 heavy (non-hydrogen) atoms. The molecule has 98 valence electrons. The van der Waals surface area contributed by atoms with Crippen molar-refractivity contribution in [3.8, 4) is 0 Å². The molecule has 0 aliphatic carbocycles. The summed E-state index contributed by atoms with van der Waals surface area (Å²) in [4.78, 5) is 21.8. The SMILES string of the molecule is CC(=O)CCCc1cc(NC(C)=O)cc(F)c1C. The lowest BCUT2D eigenvalue weighted by molar-refractivity contribution is -0.117. The molecule has 0 unspecified atom stereocenters. The third-order valence-electron chi connectivity index (χ3n) is 2.75. The molecule has 0 radical (unpaired) electrons. The number of nitrogens with one attached hydrogen (secondary N) is 1. The average molecular weight is 251 g/mol. The van der Waals surface area contributed by atoms with E-state index in [9.17, 15) is 14.0 Å². The fourth-order valence-corrected chi connectivity index (χ4v) is 1.80. The van der Waals surface area contributed by atoms with Crippen molar-refractivity contribution in [2.45, 2.75) is 40.0 Å². The van der Waals surface area contributed by atoms with E-state index in [0.29, 0.717) is 30.5 Å². The van der Waals surface area contributed by atoms with Crippen LogP contribution in [0.3, 0.4) is 0 Å². The lowest BCUT2D eigenvalue weighted by Gasteiger charge is -2.10. The van der Waals surface area contributed by atoms with Crippen LogP contribution in [0.15, 0.2) is 12.1 Å². The molecule has 0 atom stereocenters. The summed E-state index contributed by atoms with van der Waals surface area (Å²) < 4.78 is 13.7. The predicted molar refractivity (Wildman–Crippen MR) is 69.1 cm³/mol. The number of hydrogen-bond acceptors (Lipinski definition) is 2. The summed E-state index contributed by atoms with van der Waals surface area (Å²) in [5.74, 6) is -0.432. The molecule has 1 amide bonds. The van der Waals surface area contributed by atoms with Crippen molar-refractivity contribution in [2.24, 2.45) is 0 Å². The zero-order chi connectivity index (χ0) is 13.7. The molecule has 0 aromatic heterocycles. The van der Waals surface area contributed by atoms with Gasteiger partial charge in [-0.3, -0.25) is 4.79 Å². The molecule has 0 saturated heterocycles. The van der Waals surface area contributed by atoms with Gasteiger partial charge in [0.05, 0.1) is 0 Å². The van der Waals surface area contributed by atoms with Crippen molar-refractivity contribution in [1.82, 2.24) is 0 Å². The number of ketones is 1. The van der Waals surface area contributed by atoms with E-state index in [1.807, 2.05) is 0 Å². The van der Waals surface area contributed by atoms with Crippen LogP contribution in [-0.4, -0.2) is 11.7 Å². The Morgan fingerprint density at radius 2 is 1.94 bits per heavy atom. The third kappa shape index (κ3) is 4.28. The average Bonchev–Trinajstić information content (AvgIpc) is 2.23. The van der Waals surface area contributed by atoms with Crippen LogP contribution < -0.4 is 5.32 Å². The number of carbonyl (C=O) groups is 2. The van der Waals surface area contributed by atoms with Gasteiger partial charge in [0.1, 0.15) is 11.6 Å². The normalized spacial score (nSPS) is 10.2. The van der Waals surface area contributed by atoms with Gasteiger partial charge in [0.15, 0.2) is 0 Å². The van der Waals surface area contributed by atoms with E-state index < -0.39 is 0 Å². The van der Waals surface area contributed by atoms with Gasteiger partial charge in [-0.05, 0) is 49.9 Å². The zero-order valence-electron chi connectivity index (χ0n) is 11.0. The number of anilines is 1. The van der Waals surface area contributed by atoms with Crippen molar-refractivity contribution in [1.29, 1.82) is 0 Å². The van der Waals surface area contributed by atoms with Gasteiger partial charge in [0.25, 0.3) is 0 Å². The number of amides is 1. The van der Waals surface area contributed by atoms with Crippen LogP contribution in [0.5, 0.6) is 0 Å². The molecule has 4 heteroatoms. The highest BCUT2D eigenvalue weighted by atomic mass is 19.1. The van der Waals surface area contributed by atoms with Gasteiger partial charge in [-0.25, -0.2) is 4.39 Å². The molecule has 0 fully saturated rings. The van der Waals surface area contributed by atoms with E-state index in [1.165, 1.54) is 13.0 Å². The van der Waals surface area contributed by atoms with E-state index in [-0.39, 0.29) is 17.5 Å². The Morgan fingerprint density at radius 3 is 2.50 bits per heavy atom. The summed E-state index contributed by atoms with van der Waals surface area (Å²) in [5, 5.41) is 2.57. The van der Waals surface area contributed by atoms with Crippen molar-refractivity contribution >= 4 is 17.4 Å². The summed E-state index contributed by atoms with van der Waals surface area (Å²) in [6.07, 6.45) is 1.82. The minimum Gasteiger partial charge on any atom is -0.326 e. The van der Waals surface area contributed by atoms with Crippen molar-refractivity contribution < 1.29 is 14.0 Å². The summed E-state index contributed by atoms with van der Waals surface area (Å²) in [5.41, 5.74) is 1.87. The fourth-order valence-electron chi connectivity index (χ4n) is 1.80. The first kappa shape index (κ1) is 14.4. The maximum Gasteiger partial charge on any atom is 0.221 e. The second-order valence-electron chi connectivity index (χ2n) is 4.48. The van der Waals surface area contributed by atoms with E-state index in [0.717, 1.165) is 5.56 Å². The first-order valence-corrected chi connectivity index (χ1v) is 5.96. The Balaban J connectivity index is 2.84. The lowest BCUT2D eigenvalue weighted by Crippen LogP contribution is -2.07. The Hall–Kier alpha value is -1.71. The molecule has 0 saturated carbocycles. The molecular formula is C14H18FNO2. The molecule has 0 heterocycles. The monoisotopic (exact) mass is 251 g/mol. The minimum atomic E-state index is -0.334. The maximum absolute atomic E-state index is 13.7. The minimum absolute atomic E-state index is 0.131. The number of benzene rings is 1. The summed E-state index contributed by atoms with van der Waals surface area (Å²) in [7, 11) is 0. The van der Waals surface area contributed by atoms with Gasteiger partial charge in [-0.15, -0.1) is 0 Å². The Morgan fingerprint density at radius 1 is 1.28 bits per heavy atom. The zero-order valence-corrected chi connectivity index (χ0v) is 11.0. The Bertz CT molecular complexity index is 469. The molecule has 0 aliphatic rings. The van der Waals surface area contributed by atoms with Gasteiger partial charge in [-0.1, -0.05) is 0 Å². The molecule has 3 nitrogen and oxygen atoms in total. The number of carbonyl (C=O) groups excluding carboxylic acids is 2. The van der Waals surface area contributed by atoms with E-state index >= 15 is 0 Å². The second kappa shape index (κ2) is 6.28. The molecule has 0 spiro atoms. The molecule has 1 aromatic carbocycles. The molecular weight excluding hydrogens is 233 g/mol. The Labute approximate surface area is 106 Å². The lowest BCUT2D eigenvalue weighted by atomic mass is 10.0. The first-order valence-electron chi connectivity index (χ1n) is 5.96. The predicted octanol–water partition coefficient (Wildman–Crippen LogP) is 3.00. The van der Waals surface area contributed by atoms with Crippen molar-refractivity contribution in [3.05, 3.63) is 29.1 Å². The maximum atomic E-state index is 13.7. The van der Waals surface area contributed by atoms with Gasteiger partial charge < -0.3 is 10.1 Å². The smallest absolute Gasteiger partial charge is 0.221 e. The van der Waals surface area contributed by atoms with Crippen molar-refractivity contribution in [3.63, 3.8) is 0 Å². The number of hydrogen-bond donors (Lipinski definition) is 1. The number of halogens is 1. The van der Waals surface area contributed by atoms with Gasteiger partial charge in [0.2, 0.25) is 5.91 Å². The molecule has 1 aromatic rings. The first-order chi connectivity index (χ1) is 8.40. The van der Waals surface area contributed by atoms with Crippen molar-refractivity contribution in [2.75, 3.05) is 5.32 Å². The van der Waals surface area contributed by atoms with Gasteiger partial charge >= 0.3 is 0 Å². The molecule has 0 bridgehead atoms. The van der Waals surface area contributed by atoms with Crippen LogP contribution in [0.2, 0.25) is 0 Å². The highest BCUT2D eigenvalue weighted by Crippen LogP contribution is 2.21. The number of aryl methyl sites for hydroxylation is 1. The Kier molecular flexibility index (Phi) is 5.01. The standard InChI is InChI=1S/C14H18FNO2/c1-9(17)5-4-6-12-7-13(16-11(3)18)8-14(15)10(12)2/h7-8H,4-6H2,1-3H3,(H,16,18). The second-order valence-corrected chi connectivity index (χ2v) is 4.48. The summed E-state index contributed by atoms with van der Waals surface area (Å²) in [6, 6.07) is 3.07. The fraction of sp³-hybridized carbons (Fsp3) is 0.429. The van der Waals surface area contributed by atoms with E-state index in [1.54, 1.807) is 19.9 Å². The van der Waals surface area contributed by atoms with Gasteiger partial charge in [0, 0.05) is 19.0 Å². The highest BCUT2D eigenvalue weighted by molar-refractivity contribution is 5.88. The van der Waals surface area contributed by atoms with E-state index in [2.05, 4.69) is 5.32 Å². The third-order valence-corrected chi connectivity index (χ3v) is 2.75. The molecule has 1 rings (SSSR count). The van der Waals surface area contributed by atoms with Crippen LogP contribution in [0.4, 0.5) is 10.1 Å². The van der Waals surface area contributed by atoms with E-state index in [4.69, 9.17) is 0 Å². The highest BCUT2D eigenvalue weighted by Gasteiger charge is 2.08.